The first-order valence-corrected chi connectivity index (χ1v) is 4.16. The van der Waals surface area contributed by atoms with Gasteiger partial charge in [0.1, 0.15) is 0 Å². The Morgan fingerprint density at radius 2 is 2.21 bits per heavy atom. The maximum absolute atomic E-state index is 11.6. The summed E-state index contributed by atoms with van der Waals surface area (Å²) in [6.45, 7) is 0. The van der Waals surface area contributed by atoms with Gasteiger partial charge in [0.2, 0.25) is 0 Å². The summed E-state index contributed by atoms with van der Waals surface area (Å²) in [5.74, 6) is 0. The van der Waals surface area contributed by atoms with Gasteiger partial charge in [-0.3, -0.25) is 9.89 Å². The number of aromatic amines is 2. The van der Waals surface area contributed by atoms with Crippen LogP contribution in [0.3, 0.4) is 0 Å². The zero-order valence-corrected chi connectivity index (χ0v) is 7.11. The fourth-order valence-corrected chi connectivity index (χ4v) is 1.58. The fourth-order valence-electron chi connectivity index (χ4n) is 1.58. The third kappa shape index (κ3) is 0.806. The first-order valence-electron chi connectivity index (χ1n) is 4.16. The summed E-state index contributed by atoms with van der Waals surface area (Å²) >= 11 is 0. The van der Waals surface area contributed by atoms with Crippen molar-refractivity contribution >= 4 is 21.8 Å². The lowest BCUT2D eigenvalue weighted by Crippen LogP contribution is -2.06. The molecule has 0 radical (unpaired) electrons. The van der Waals surface area contributed by atoms with Gasteiger partial charge < -0.3 is 4.98 Å². The first-order chi connectivity index (χ1) is 6.86. The van der Waals surface area contributed by atoms with Gasteiger partial charge in [-0.2, -0.15) is 5.10 Å². The van der Waals surface area contributed by atoms with E-state index in [4.69, 9.17) is 0 Å². The van der Waals surface area contributed by atoms with E-state index in [1.165, 1.54) is 6.33 Å². The molecule has 0 aliphatic carbocycles. The average Bonchev–Trinajstić information content (AvgIpc) is 2.65. The molecule has 0 amide bonds. The molecule has 14 heavy (non-hydrogen) atoms. The highest BCUT2D eigenvalue weighted by molar-refractivity contribution is 6.03. The van der Waals surface area contributed by atoms with E-state index >= 15 is 0 Å². The SMILES string of the molecule is O=c1[nH]cnc2ccc3[nH]ncc3c12. The minimum absolute atomic E-state index is 0.137. The molecule has 5 nitrogen and oxygen atoms in total. The van der Waals surface area contributed by atoms with Gasteiger partial charge in [-0.25, -0.2) is 4.98 Å². The van der Waals surface area contributed by atoms with Gasteiger partial charge in [-0.1, -0.05) is 0 Å². The van der Waals surface area contributed by atoms with Crippen LogP contribution >= 0.6 is 0 Å². The molecule has 2 aromatic heterocycles. The summed E-state index contributed by atoms with van der Waals surface area (Å²) in [5.41, 5.74) is 1.39. The van der Waals surface area contributed by atoms with Crippen molar-refractivity contribution in [1.82, 2.24) is 20.2 Å². The molecular weight excluding hydrogens is 180 g/mol. The molecule has 0 fully saturated rings. The number of rotatable bonds is 0. The lowest BCUT2D eigenvalue weighted by atomic mass is 10.2. The minimum atomic E-state index is -0.137. The molecular formula is C9H6N4O. The topological polar surface area (TPSA) is 74.4 Å². The van der Waals surface area contributed by atoms with Gasteiger partial charge in [0.15, 0.2) is 0 Å². The molecule has 0 atom stereocenters. The number of nitrogens with zero attached hydrogens (tertiary/aromatic N) is 2. The highest BCUT2D eigenvalue weighted by Crippen LogP contribution is 2.17. The molecule has 3 rings (SSSR count). The molecule has 0 bridgehead atoms. The summed E-state index contributed by atoms with van der Waals surface area (Å²) < 4.78 is 0. The Balaban J connectivity index is 2.74. The Kier molecular flexibility index (Phi) is 1.25. The van der Waals surface area contributed by atoms with Crippen LogP contribution in [0.5, 0.6) is 0 Å². The van der Waals surface area contributed by atoms with Crippen LogP contribution in [-0.2, 0) is 0 Å². The van der Waals surface area contributed by atoms with E-state index in [1.54, 1.807) is 12.3 Å². The number of benzene rings is 1. The molecule has 3 aromatic rings. The Bertz CT molecular complexity index is 667. The summed E-state index contributed by atoms with van der Waals surface area (Å²) in [6, 6.07) is 3.65. The number of fused-ring (bicyclic) bond motifs is 3. The van der Waals surface area contributed by atoms with Crippen molar-refractivity contribution < 1.29 is 0 Å². The normalized spacial score (nSPS) is 11.1. The average molecular weight is 186 g/mol. The van der Waals surface area contributed by atoms with E-state index in [2.05, 4.69) is 20.2 Å². The van der Waals surface area contributed by atoms with Crippen LogP contribution in [0.25, 0.3) is 21.8 Å². The molecule has 0 saturated heterocycles. The molecule has 68 valence electrons. The van der Waals surface area contributed by atoms with E-state index in [0.717, 1.165) is 10.9 Å². The third-order valence-electron chi connectivity index (χ3n) is 2.23. The van der Waals surface area contributed by atoms with E-state index in [0.29, 0.717) is 10.9 Å². The van der Waals surface area contributed by atoms with Crippen molar-refractivity contribution in [2.24, 2.45) is 0 Å². The second-order valence-corrected chi connectivity index (χ2v) is 3.02. The van der Waals surface area contributed by atoms with Crippen molar-refractivity contribution in [3.63, 3.8) is 0 Å². The number of hydrogen-bond donors (Lipinski definition) is 2. The molecule has 0 aliphatic rings. The second kappa shape index (κ2) is 2.41. The lowest BCUT2D eigenvalue weighted by Gasteiger charge is -1.95. The molecule has 2 N–H and O–H groups in total. The van der Waals surface area contributed by atoms with Crippen molar-refractivity contribution in [1.29, 1.82) is 0 Å². The predicted molar refractivity (Wildman–Crippen MR) is 52.0 cm³/mol. The van der Waals surface area contributed by atoms with Crippen molar-refractivity contribution in [3.05, 3.63) is 35.0 Å². The Hall–Kier alpha value is -2.17. The van der Waals surface area contributed by atoms with Crippen molar-refractivity contribution in [2.75, 3.05) is 0 Å². The number of aromatic nitrogens is 4. The van der Waals surface area contributed by atoms with E-state index < -0.39 is 0 Å². The Labute approximate surface area is 77.8 Å². The highest BCUT2D eigenvalue weighted by atomic mass is 16.1. The standard InChI is InChI=1S/C9H6N4O/c14-9-8-5-3-12-13-6(5)1-2-7(8)10-4-11-9/h1-4H,(H,12,13)(H,10,11,14). The largest absolute Gasteiger partial charge is 0.313 e. The molecule has 1 aromatic carbocycles. The summed E-state index contributed by atoms with van der Waals surface area (Å²) in [6.07, 6.45) is 3.03. The molecule has 5 heteroatoms. The maximum Gasteiger partial charge on any atom is 0.259 e. The van der Waals surface area contributed by atoms with Crippen LogP contribution in [0.4, 0.5) is 0 Å². The molecule has 0 unspecified atom stereocenters. The quantitative estimate of drug-likeness (QED) is 0.545. The van der Waals surface area contributed by atoms with Gasteiger partial charge in [0.25, 0.3) is 5.56 Å². The molecule has 0 saturated carbocycles. The first kappa shape index (κ1) is 7.25. The minimum Gasteiger partial charge on any atom is -0.313 e. The van der Waals surface area contributed by atoms with Gasteiger partial charge in [-0.15, -0.1) is 0 Å². The zero-order chi connectivity index (χ0) is 9.54. The highest BCUT2D eigenvalue weighted by Gasteiger charge is 2.05. The lowest BCUT2D eigenvalue weighted by molar-refractivity contribution is 1.12. The Morgan fingerprint density at radius 1 is 1.29 bits per heavy atom. The summed E-state index contributed by atoms with van der Waals surface area (Å²) in [5, 5.41) is 8.08. The van der Waals surface area contributed by atoms with Crippen LogP contribution in [0.1, 0.15) is 0 Å². The third-order valence-corrected chi connectivity index (χ3v) is 2.23. The monoisotopic (exact) mass is 186 g/mol. The van der Waals surface area contributed by atoms with Crippen molar-refractivity contribution in [3.8, 4) is 0 Å². The summed E-state index contributed by atoms with van der Waals surface area (Å²) in [7, 11) is 0. The van der Waals surface area contributed by atoms with Gasteiger partial charge in [0.05, 0.1) is 28.9 Å². The molecule has 0 aliphatic heterocycles. The van der Waals surface area contributed by atoms with E-state index in [-0.39, 0.29) is 5.56 Å². The van der Waals surface area contributed by atoms with Crippen molar-refractivity contribution in [2.45, 2.75) is 0 Å². The van der Waals surface area contributed by atoms with Crippen LogP contribution in [0.2, 0.25) is 0 Å². The van der Waals surface area contributed by atoms with Crippen LogP contribution in [-0.4, -0.2) is 20.2 Å². The van der Waals surface area contributed by atoms with Gasteiger partial charge >= 0.3 is 0 Å². The van der Waals surface area contributed by atoms with Gasteiger partial charge in [0, 0.05) is 5.39 Å². The van der Waals surface area contributed by atoms with E-state index in [9.17, 15) is 4.79 Å². The second-order valence-electron chi connectivity index (χ2n) is 3.02. The van der Waals surface area contributed by atoms with Crippen LogP contribution in [0, 0.1) is 0 Å². The van der Waals surface area contributed by atoms with Gasteiger partial charge in [-0.05, 0) is 12.1 Å². The molecule has 0 spiro atoms. The predicted octanol–water partition coefficient (Wildman–Crippen LogP) is 0.799. The maximum atomic E-state index is 11.6. The fraction of sp³-hybridized carbons (Fsp3) is 0. The zero-order valence-electron chi connectivity index (χ0n) is 7.11. The number of nitrogens with one attached hydrogen (secondary N) is 2. The van der Waals surface area contributed by atoms with E-state index in [1.807, 2.05) is 6.07 Å². The van der Waals surface area contributed by atoms with Crippen LogP contribution in [0.15, 0.2) is 29.5 Å². The smallest absolute Gasteiger partial charge is 0.259 e. The summed E-state index contributed by atoms with van der Waals surface area (Å²) in [4.78, 5) is 18.2. The molecule has 2 heterocycles. The number of H-pyrrole nitrogens is 2. The Morgan fingerprint density at radius 3 is 3.14 bits per heavy atom. The van der Waals surface area contributed by atoms with Crippen LogP contribution < -0.4 is 5.56 Å². The number of hydrogen-bond acceptors (Lipinski definition) is 3.